The van der Waals surface area contributed by atoms with Gasteiger partial charge in [0.05, 0.1) is 5.60 Å². The van der Waals surface area contributed by atoms with E-state index < -0.39 is 0 Å². The van der Waals surface area contributed by atoms with E-state index in [2.05, 4.69) is 39.9 Å². The van der Waals surface area contributed by atoms with Crippen LogP contribution in [-0.4, -0.2) is 25.3 Å². The Morgan fingerprint density at radius 1 is 1.00 bits per heavy atom. The van der Waals surface area contributed by atoms with Gasteiger partial charge >= 0.3 is 0 Å². The monoisotopic (exact) mass is 257 g/mol. The molecule has 0 rings (SSSR count). The van der Waals surface area contributed by atoms with Crippen molar-refractivity contribution in [3.05, 3.63) is 0 Å². The third-order valence-electron chi connectivity index (χ3n) is 4.60. The summed E-state index contributed by atoms with van der Waals surface area (Å²) in [7, 11) is 1.88. The average Bonchev–Trinajstić information content (AvgIpc) is 2.43. The molecule has 0 bridgehead atoms. The molecule has 0 aromatic carbocycles. The van der Waals surface area contributed by atoms with Crippen LogP contribution in [0.4, 0.5) is 0 Å². The van der Waals surface area contributed by atoms with Gasteiger partial charge < -0.3 is 10.1 Å². The third kappa shape index (κ3) is 4.89. The molecule has 1 N–H and O–H groups in total. The summed E-state index contributed by atoms with van der Waals surface area (Å²) in [6.45, 7) is 12.4. The molecule has 0 aliphatic heterocycles. The van der Waals surface area contributed by atoms with Gasteiger partial charge in [0.25, 0.3) is 0 Å². The Morgan fingerprint density at radius 2 is 1.56 bits per heavy atom. The maximum Gasteiger partial charge on any atom is 0.0825 e. The lowest BCUT2D eigenvalue weighted by Crippen LogP contribution is -2.52. The minimum atomic E-state index is 0.0117. The van der Waals surface area contributed by atoms with Gasteiger partial charge in [-0.25, -0.2) is 0 Å². The molecule has 0 saturated heterocycles. The maximum absolute atomic E-state index is 5.92. The second-order valence-corrected chi connectivity index (χ2v) is 5.40. The molecule has 0 aromatic heterocycles. The highest BCUT2D eigenvalue weighted by atomic mass is 16.5. The first kappa shape index (κ1) is 17.9. The summed E-state index contributed by atoms with van der Waals surface area (Å²) in [5.41, 5.74) is 0.0117. The van der Waals surface area contributed by atoms with E-state index in [9.17, 15) is 0 Å². The van der Waals surface area contributed by atoms with Crippen LogP contribution in [0.2, 0.25) is 0 Å². The van der Waals surface area contributed by atoms with Crippen LogP contribution in [0, 0.1) is 5.92 Å². The van der Waals surface area contributed by atoms with Crippen molar-refractivity contribution in [2.45, 2.75) is 84.8 Å². The minimum absolute atomic E-state index is 0.0117. The van der Waals surface area contributed by atoms with Crippen LogP contribution in [0.25, 0.3) is 0 Å². The summed E-state index contributed by atoms with van der Waals surface area (Å²) in [5.74, 6) is 0.812. The van der Waals surface area contributed by atoms with Gasteiger partial charge in [0.1, 0.15) is 0 Å². The molecule has 0 fully saturated rings. The highest BCUT2D eigenvalue weighted by Gasteiger charge is 2.36. The molecule has 0 heterocycles. The Kier molecular flexibility index (Phi) is 9.76. The van der Waals surface area contributed by atoms with Crippen molar-refractivity contribution in [2.75, 3.05) is 13.7 Å². The number of hydrogen-bond donors (Lipinski definition) is 1. The second-order valence-electron chi connectivity index (χ2n) is 5.40. The first-order chi connectivity index (χ1) is 8.63. The molecular weight excluding hydrogens is 222 g/mol. The first-order valence-corrected chi connectivity index (χ1v) is 7.92. The second kappa shape index (κ2) is 9.80. The third-order valence-corrected chi connectivity index (χ3v) is 4.60. The van der Waals surface area contributed by atoms with Gasteiger partial charge in [-0.15, -0.1) is 0 Å². The van der Waals surface area contributed by atoms with Gasteiger partial charge in [-0.2, -0.15) is 0 Å². The van der Waals surface area contributed by atoms with Crippen molar-refractivity contribution in [3.8, 4) is 0 Å². The van der Waals surface area contributed by atoms with Crippen LogP contribution < -0.4 is 5.32 Å². The molecular formula is C16H35NO. The van der Waals surface area contributed by atoms with Gasteiger partial charge in [0.15, 0.2) is 0 Å². The standard InChI is InChI=1S/C16H35NO/c1-7-12-17-15(13-14(8-2)9-3)16(10-4,11-5)18-6/h14-15,17H,7-13H2,1-6H3. The zero-order valence-corrected chi connectivity index (χ0v) is 13.5. The van der Waals surface area contributed by atoms with E-state index in [4.69, 9.17) is 4.74 Å². The van der Waals surface area contributed by atoms with Crippen LogP contribution in [-0.2, 0) is 4.74 Å². The Morgan fingerprint density at radius 3 is 1.89 bits per heavy atom. The van der Waals surface area contributed by atoms with Crippen LogP contribution in [0.15, 0.2) is 0 Å². The summed E-state index contributed by atoms with van der Waals surface area (Å²) in [4.78, 5) is 0. The lowest BCUT2D eigenvalue weighted by atomic mass is 9.81. The molecule has 0 radical (unpaired) electrons. The maximum atomic E-state index is 5.92. The van der Waals surface area contributed by atoms with Gasteiger partial charge in [-0.05, 0) is 38.1 Å². The van der Waals surface area contributed by atoms with E-state index in [0.717, 1.165) is 25.3 Å². The smallest absolute Gasteiger partial charge is 0.0825 e. The van der Waals surface area contributed by atoms with E-state index >= 15 is 0 Å². The fourth-order valence-corrected chi connectivity index (χ4v) is 2.93. The van der Waals surface area contributed by atoms with Gasteiger partial charge in [0.2, 0.25) is 0 Å². The lowest BCUT2D eigenvalue weighted by molar-refractivity contribution is -0.0532. The topological polar surface area (TPSA) is 21.3 Å². The highest BCUT2D eigenvalue weighted by Crippen LogP contribution is 2.30. The summed E-state index contributed by atoms with van der Waals surface area (Å²) in [6.07, 6.45) is 7.14. The van der Waals surface area contributed by atoms with E-state index in [0.29, 0.717) is 6.04 Å². The van der Waals surface area contributed by atoms with E-state index in [1.807, 2.05) is 7.11 Å². The largest absolute Gasteiger partial charge is 0.377 e. The van der Waals surface area contributed by atoms with Crippen LogP contribution in [0.1, 0.15) is 73.1 Å². The minimum Gasteiger partial charge on any atom is -0.377 e. The fourth-order valence-electron chi connectivity index (χ4n) is 2.93. The Labute approximate surface area is 115 Å². The molecule has 110 valence electrons. The van der Waals surface area contributed by atoms with Gasteiger partial charge in [-0.1, -0.05) is 47.5 Å². The summed E-state index contributed by atoms with van der Waals surface area (Å²) in [5, 5.41) is 3.74. The van der Waals surface area contributed by atoms with Gasteiger partial charge in [0, 0.05) is 13.2 Å². The van der Waals surface area contributed by atoms with Crippen molar-refractivity contribution >= 4 is 0 Å². The first-order valence-electron chi connectivity index (χ1n) is 7.92. The SMILES string of the molecule is CCCNC(CC(CC)CC)C(CC)(CC)OC. The summed E-state index contributed by atoms with van der Waals surface area (Å²) < 4.78 is 5.92. The molecule has 1 unspecified atom stereocenters. The number of rotatable bonds is 11. The molecule has 2 heteroatoms. The van der Waals surface area contributed by atoms with Crippen molar-refractivity contribution in [3.63, 3.8) is 0 Å². The predicted octanol–water partition coefficient (Wildman–Crippen LogP) is 4.39. The quantitative estimate of drug-likeness (QED) is 0.593. The van der Waals surface area contributed by atoms with Crippen molar-refractivity contribution < 1.29 is 4.74 Å². The van der Waals surface area contributed by atoms with E-state index in [-0.39, 0.29) is 5.60 Å². The van der Waals surface area contributed by atoms with Crippen molar-refractivity contribution in [1.29, 1.82) is 0 Å². The zero-order chi connectivity index (χ0) is 14.0. The molecule has 1 atom stereocenters. The number of ether oxygens (including phenoxy) is 1. The van der Waals surface area contributed by atoms with E-state index in [1.54, 1.807) is 0 Å². The number of methoxy groups -OCH3 is 1. The molecule has 0 aromatic rings. The molecule has 0 amide bonds. The Bertz CT molecular complexity index is 177. The van der Waals surface area contributed by atoms with Crippen LogP contribution in [0.3, 0.4) is 0 Å². The van der Waals surface area contributed by atoms with Crippen molar-refractivity contribution in [1.82, 2.24) is 5.32 Å². The summed E-state index contributed by atoms with van der Waals surface area (Å²) in [6, 6.07) is 0.488. The molecule has 0 saturated carbocycles. The average molecular weight is 257 g/mol. The summed E-state index contributed by atoms with van der Waals surface area (Å²) >= 11 is 0. The van der Waals surface area contributed by atoms with Crippen LogP contribution in [0.5, 0.6) is 0 Å². The van der Waals surface area contributed by atoms with Crippen molar-refractivity contribution in [2.24, 2.45) is 5.92 Å². The van der Waals surface area contributed by atoms with Crippen LogP contribution >= 0.6 is 0 Å². The molecule has 2 nitrogen and oxygen atoms in total. The van der Waals surface area contributed by atoms with Gasteiger partial charge in [-0.3, -0.25) is 0 Å². The molecule has 0 spiro atoms. The molecule has 0 aliphatic rings. The molecule has 0 aliphatic carbocycles. The normalized spacial score (nSPS) is 14.2. The zero-order valence-electron chi connectivity index (χ0n) is 13.5. The fraction of sp³-hybridized carbons (Fsp3) is 1.00. The number of hydrogen-bond acceptors (Lipinski definition) is 2. The lowest BCUT2D eigenvalue weighted by Gasteiger charge is -2.40. The molecule has 18 heavy (non-hydrogen) atoms. The number of nitrogens with one attached hydrogen (secondary N) is 1. The highest BCUT2D eigenvalue weighted by molar-refractivity contribution is 4.92. The predicted molar refractivity (Wildman–Crippen MR) is 81.1 cm³/mol. The Balaban J connectivity index is 4.81. The van der Waals surface area contributed by atoms with E-state index in [1.165, 1.54) is 25.7 Å². The Hall–Kier alpha value is -0.0800.